The molecule has 1 aliphatic heterocycles. The highest BCUT2D eigenvalue weighted by Crippen LogP contribution is 2.16. The molecule has 1 aromatic heterocycles. The molecule has 1 aromatic rings. The summed E-state index contributed by atoms with van der Waals surface area (Å²) in [4.78, 5) is 15.1. The van der Waals surface area contributed by atoms with Crippen LogP contribution >= 0.6 is 0 Å². The maximum atomic E-state index is 11.4. The Labute approximate surface area is 128 Å². The number of anilines is 3. The van der Waals surface area contributed by atoms with Crippen molar-refractivity contribution < 1.29 is 4.21 Å². The van der Waals surface area contributed by atoms with Gasteiger partial charge in [0, 0.05) is 49.0 Å². The predicted molar refractivity (Wildman–Crippen MR) is 87.5 cm³/mol. The van der Waals surface area contributed by atoms with Gasteiger partial charge in [0.1, 0.15) is 0 Å². The van der Waals surface area contributed by atoms with Gasteiger partial charge < -0.3 is 15.5 Å². The minimum absolute atomic E-state index is 0.291. The Morgan fingerprint density at radius 1 is 1.19 bits per heavy atom. The first kappa shape index (κ1) is 15.9. The van der Waals surface area contributed by atoms with Gasteiger partial charge in [0.25, 0.3) is 0 Å². The first-order chi connectivity index (χ1) is 10.1. The molecule has 118 valence electrons. The minimum Gasteiger partial charge on any atom is -0.354 e. The highest BCUT2D eigenvalue weighted by atomic mass is 32.2. The van der Waals surface area contributed by atoms with E-state index in [1.165, 1.54) is 0 Å². The van der Waals surface area contributed by atoms with E-state index < -0.39 is 10.8 Å². The van der Waals surface area contributed by atoms with Gasteiger partial charge in [-0.15, -0.1) is 0 Å². The lowest BCUT2D eigenvalue weighted by Crippen LogP contribution is -2.30. The molecule has 0 aromatic carbocycles. The molecule has 0 bridgehead atoms. The van der Waals surface area contributed by atoms with E-state index in [0.29, 0.717) is 23.9 Å². The molecule has 0 aliphatic carbocycles. The molecule has 0 radical (unpaired) electrons. The number of hydrogen-bond donors (Lipinski definition) is 2. The van der Waals surface area contributed by atoms with Crippen LogP contribution < -0.4 is 15.5 Å². The monoisotopic (exact) mass is 312 g/mol. The fourth-order valence-electron chi connectivity index (χ4n) is 2.07. The molecule has 1 aliphatic rings. The molecule has 2 N–H and O–H groups in total. The van der Waals surface area contributed by atoms with E-state index in [-0.39, 0.29) is 0 Å². The Hall–Kier alpha value is -1.44. The Morgan fingerprint density at radius 3 is 2.48 bits per heavy atom. The van der Waals surface area contributed by atoms with Crippen LogP contribution in [0.1, 0.15) is 26.2 Å². The number of nitrogens with one attached hydrogen (secondary N) is 2. The van der Waals surface area contributed by atoms with Gasteiger partial charge in [0.15, 0.2) is 0 Å². The van der Waals surface area contributed by atoms with Gasteiger partial charge in [-0.3, -0.25) is 4.21 Å². The van der Waals surface area contributed by atoms with Gasteiger partial charge >= 0.3 is 0 Å². The molecular weight excluding hydrogens is 288 g/mol. The summed E-state index contributed by atoms with van der Waals surface area (Å²) in [6, 6.07) is 0.291. The van der Waals surface area contributed by atoms with Crippen LogP contribution in [0.2, 0.25) is 0 Å². The molecule has 2 heterocycles. The lowest BCUT2D eigenvalue weighted by atomic mass is 10.2. The number of rotatable bonds is 6. The Morgan fingerprint density at radius 2 is 1.86 bits per heavy atom. The molecule has 0 atom stereocenters. The van der Waals surface area contributed by atoms with Crippen molar-refractivity contribution in [3.05, 3.63) is 0 Å². The summed E-state index contributed by atoms with van der Waals surface area (Å²) in [5.41, 5.74) is 0. The first-order valence-corrected chi connectivity index (χ1v) is 8.86. The van der Waals surface area contributed by atoms with E-state index in [4.69, 9.17) is 0 Å². The SMILES string of the molecule is CCCNc1nc(NC2CCS(=O)CC2)nc(N(C)C)n1. The first-order valence-electron chi connectivity index (χ1n) is 7.37. The quantitative estimate of drug-likeness (QED) is 0.813. The fraction of sp³-hybridized carbons (Fsp3) is 0.769. The topological polar surface area (TPSA) is 83.0 Å². The summed E-state index contributed by atoms with van der Waals surface area (Å²) in [5, 5.41) is 6.55. The lowest BCUT2D eigenvalue weighted by molar-refractivity contribution is 0.620. The van der Waals surface area contributed by atoms with Gasteiger partial charge in [-0.05, 0) is 19.3 Å². The van der Waals surface area contributed by atoms with Crippen LogP contribution in [0.3, 0.4) is 0 Å². The maximum Gasteiger partial charge on any atom is 0.231 e. The van der Waals surface area contributed by atoms with Gasteiger partial charge in [0.05, 0.1) is 0 Å². The number of aromatic nitrogens is 3. The van der Waals surface area contributed by atoms with Crippen LogP contribution in [0, 0.1) is 0 Å². The number of nitrogens with zero attached hydrogens (tertiary/aromatic N) is 4. The number of hydrogen-bond acceptors (Lipinski definition) is 7. The molecule has 8 heteroatoms. The van der Waals surface area contributed by atoms with Crippen LogP contribution in [0.5, 0.6) is 0 Å². The molecule has 1 fully saturated rings. The van der Waals surface area contributed by atoms with Crippen molar-refractivity contribution in [2.75, 3.05) is 47.7 Å². The molecule has 7 nitrogen and oxygen atoms in total. The van der Waals surface area contributed by atoms with E-state index in [1.54, 1.807) is 0 Å². The average molecular weight is 312 g/mol. The molecule has 0 saturated carbocycles. The molecule has 0 spiro atoms. The third-order valence-electron chi connectivity index (χ3n) is 3.28. The maximum absolute atomic E-state index is 11.4. The minimum atomic E-state index is -0.653. The van der Waals surface area contributed by atoms with Crippen molar-refractivity contribution in [3.63, 3.8) is 0 Å². The van der Waals surface area contributed by atoms with E-state index in [1.807, 2.05) is 19.0 Å². The summed E-state index contributed by atoms with van der Waals surface area (Å²) in [6.45, 7) is 2.93. The zero-order chi connectivity index (χ0) is 15.2. The van der Waals surface area contributed by atoms with Crippen LogP contribution in [0.4, 0.5) is 17.8 Å². The second kappa shape index (κ2) is 7.53. The van der Waals surface area contributed by atoms with E-state index >= 15 is 0 Å². The molecule has 2 rings (SSSR count). The zero-order valence-corrected chi connectivity index (χ0v) is 13.7. The summed E-state index contributed by atoms with van der Waals surface area (Å²) in [5.74, 6) is 3.32. The van der Waals surface area contributed by atoms with Crippen LogP contribution in [0.25, 0.3) is 0 Å². The Balaban J connectivity index is 2.09. The van der Waals surface area contributed by atoms with E-state index in [0.717, 1.165) is 37.3 Å². The fourth-order valence-corrected chi connectivity index (χ4v) is 3.36. The summed E-state index contributed by atoms with van der Waals surface area (Å²) in [6.07, 6.45) is 2.81. The van der Waals surface area contributed by atoms with Crippen LogP contribution in [-0.2, 0) is 10.8 Å². The standard InChI is InChI=1S/C13H24N6OS/c1-4-7-14-11-16-12(18-13(17-11)19(2)3)15-10-5-8-21(20)9-6-10/h10H,4-9H2,1-3H3,(H2,14,15,16,17,18). The van der Waals surface area contributed by atoms with Gasteiger partial charge in [-0.25, -0.2) is 0 Å². The predicted octanol–water partition coefficient (Wildman–Crippen LogP) is 1.08. The third kappa shape index (κ3) is 4.80. The summed E-state index contributed by atoms with van der Waals surface area (Å²) < 4.78 is 11.4. The van der Waals surface area contributed by atoms with Gasteiger partial charge in [0.2, 0.25) is 17.8 Å². The zero-order valence-electron chi connectivity index (χ0n) is 12.9. The van der Waals surface area contributed by atoms with Crippen molar-refractivity contribution in [2.45, 2.75) is 32.2 Å². The van der Waals surface area contributed by atoms with Crippen molar-refractivity contribution in [1.82, 2.24) is 15.0 Å². The van der Waals surface area contributed by atoms with Crippen molar-refractivity contribution in [3.8, 4) is 0 Å². The van der Waals surface area contributed by atoms with Crippen molar-refractivity contribution >= 4 is 28.6 Å². The van der Waals surface area contributed by atoms with Gasteiger partial charge in [-0.2, -0.15) is 15.0 Å². The molecule has 21 heavy (non-hydrogen) atoms. The highest BCUT2D eigenvalue weighted by Gasteiger charge is 2.19. The second-order valence-electron chi connectivity index (χ2n) is 5.37. The van der Waals surface area contributed by atoms with E-state index in [2.05, 4.69) is 32.5 Å². The normalized spacial score (nSPS) is 21.9. The Bertz CT molecular complexity index is 486. The summed E-state index contributed by atoms with van der Waals surface area (Å²) in [7, 11) is 3.17. The van der Waals surface area contributed by atoms with Crippen LogP contribution in [-0.4, -0.2) is 57.3 Å². The third-order valence-corrected chi connectivity index (χ3v) is 4.66. The Kier molecular flexibility index (Phi) is 5.72. The summed E-state index contributed by atoms with van der Waals surface area (Å²) >= 11 is 0. The average Bonchev–Trinajstić information content (AvgIpc) is 2.47. The highest BCUT2D eigenvalue weighted by molar-refractivity contribution is 7.85. The molecule has 0 unspecified atom stereocenters. The van der Waals surface area contributed by atoms with Crippen molar-refractivity contribution in [2.24, 2.45) is 0 Å². The molecule has 1 saturated heterocycles. The smallest absolute Gasteiger partial charge is 0.231 e. The molecule has 0 amide bonds. The second-order valence-corrected chi connectivity index (χ2v) is 7.07. The van der Waals surface area contributed by atoms with Crippen LogP contribution in [0.15, 0.2) is 0 Å². The largest absolute Gasteiger partial charge is 0.354 e. The van der Waals surface area contributed by atoms with Crippen molar-refractivity contribution in [1.29, 1.82) is 0 Å². The van der Waals surface area contributed by atoms with Gasteiger partial charge in [-0.1, -0.05) is 6.92 Å². The molecular formula is C13H24N6OS. The van der Waals surface area contributed by atoms with E-state index in [9.17, 15) is 4.21 Å². The lowest BCUT2D eigenvalue weighted by Gasteiger charge is -2.23.